The summed E-state index contributed by atoms with van der Waals surface area (Å²) in [5, 5.41) is 0. The third-order valence-corrected chi connectivity index (χ3v) is 2.54. The predicted molar refractivity (Wildman–Crippen MR) is 57.4 cm³/mol. The fourth-order valence-electron chi connectivity index (χ4n) is 1.80. The van der Waals surface area contributed by atoms with E-state index >= 15 is 0 Å². The monoisotopic (exact) mass is 215 g/mol. The van der Waals surface area contributed by atoms with Crippen molar-refractivity contribution < 1.29 is 14.3 Å². The number of hydrogen-bond acceptors (Lipinski definition) is 4. The third kappa shape index (κ3) is 4.62. The lowest BCUT2D eigenvalue weighted by molar-refractivity contribution is -0.155. The van der Waals surface area contributed by atoms with Crippen LogP contribution in [0.1, 0.15) is 39.5 Å². The van der Waals surface area contributed by atoms with Crippen LogP contribution >= 0.6 is 0 Å². The van der Waals surface area contributed by atoms with E-state index in [1.165, 1.54) is 0 Å². The van der Waals surface area contributed by atoms with Crippen LogP contribution in [0, 0.1) is 0 Å². The van der Waals surface area contributed by atoms with Gasteiger partial charge in [0.2, 0.25) is 0 Å². The molecule has 2 N–H and O–H groups in total. The van der Waals surface area contributed by atoms with Gasteiger partial charge in [0.1, 0.15) is 6.61 Å². The summed E-state index contributed by atoms with van der Waals surface area (Å²) in [5.41, 5.74) is 5.89. The average molecular weight is 215 g/mol. The van der Waals surface area contributed by atoms with Crippen molar-refractivity contribution in [3.8, 4) is 0 Å². The van der Waals surface area contributed by atoms with Gasteiger partial charge < -0.3 is 15.2 Å². The number of hydrogen-bond donors (Lipinski definition) is 1. The van der Waals surface area contributed by atoms with E-state index in [0.717, 1.165) is 25.7 Å². The quantitative estimate of drug-likeness (QED) is 0.716. The minimum Gasteiger partial charge on any atom is -0.461 e. The van der Waals surface area contributed by atoms with Gasteiger partial charge in [-0.3, -0.25) is 0 Å². The molecule has 88 valence electrons. The standard InChI is InChI=1S/C11H21NO3/c1-8(2)15-11(13)7-14-10-6-4-3-5-9(10)12/h8-10H,3-7,12H2,1-2H3. The highest BCUT2D eigenvalue weighted by Gasteiger charge is 2.23. The molecule has 0 radical (unpaired) electrons. The van der Waals surface area contributed by atoms with Crippen LogP contribution in [0.15, 0.2) is 0 Å². The lowest BCUT2D eigenvalue weighted by Gasteiger charge is -2.28. The molecular formula is C11H21NO3. The van der Waals surface area contributed by atoms with Crippen molar-refractivity contribution >= 4 is 5.97 Å². The Bertz CT molecular complexity index is 206. The van der Waals surface area contributed by atoms with E-state index < -0.39 is 0 Å². The van der Waals surface area contributed by atoms with E-state index in [-0.39, 0.29) is 30.8 Å². The molecule has 0 aromatic rings. The van der Waals surface area contributed by atoms with Crippen molar-refractivity contribution in [2.45, 2.75) is 57.8 Å². The summed E-state index contributed by atoms with van der Waals surface area (Å²) in [4.78, 5) is 11.2. The van der Waals surface area contributed by atoms with Crippen LogP contribution in [0.2, 0.25) is 0 Å². The SMILES string of the molecule is CC(C)OC(=O)COC1CCCCC1N. The molecule has 0 aliphatic heterocycles. The number of nitrogens with two attached hydrogens (primary N) is 1. The van der Waals surface area contributed by atoms with Crippen LogP contribution in [-0.2, 0) is 14.3 Å². The fourth-order valence-corrected chi connectivity index (χ4v) is 1.80. The summed E-state index contributed by atoms with van der Waals surface area (Å²) in [7, 11) is 0. The predicted octanol–water partition coefficient (Wildman–Crippen LogP) is 1.22. The van der Waals surface area contributed by atoms with Crippen molar-refractivity contribution in [1.29, 1.82) is 0 Å². The van der Waals surface area contributed by atoms with Crippen LogP contribution in [0.3, 0.4) is 0 Å². The molecule has 1 fully saturated rings. The number of esters is 1. The highest BCUT2D eigenvalue weighted by Crippen LogP contribution is 2.19. The van der Waals surface area contributed by atoms with Gasteiger partial charge in [-0.1, -0.05) is 12.8 Å². The molecule has 4 nitrogen and oxygen atoms in total. The molecule has 15 heavy (non-hydrogen) atoms. The van der Waals surface area contributed by atoms with Gasteiger partial charge in [-0.2, -0.15) is 0 Å². The van der Waals surface area contributed by atoms with Gasteiger partial charge in [-0.05, 0) is 26.7 Å². The van der Waals surface area contributed by atoms with Gasteiger partial charge in [0.05, 0.1) is 12.2 Å². The first kappa shape index (κ1) is 12.5. The zero-order valence-electron chi connectivity index (χ0n) is 9.57. The summed E-state index contributed by atoms with van der Waals surface area (Å²) in [6, 6.07) is 0.0746. The molecule has 1 rings (SSSR count). The topological polar surface area (TPSA) is 61.5 Å². The van der Waals surface area contributed by atoms with Crippen molar-refractivity contribution in [2.24, 2.45) is 5.73 Å². The number of ether oxygens (including phenoxy) is 2. The number of carbonyl (C=O) groups is 1. The number of rotatable bonds is 4. The minimum absolute atomic E-state index is 0.0244. The van der Waals surface area contributed by atoms with Crippen LogP contribution in [0.4, 0.5) is 0 Å². The van der Waals surface area contributed by atoms with Crippen molar-refractivity contribution in [3.05, 3.63) is 0 Å². The van der Waals surface area contributed by atoms with Crippen molar-refractivity contribution in [3.63, 3.8) is 0 Å². The second-order valence-corrected chi connectivity index (χ2v) is 4.34. The van der Waals surface area contributed by atoms with Crippen LogP contribution < -0.4 is 5.73 Å². The van der Waals surface area contributed by atoms with Crippen LogP contribution in [0.5, 0.6) is 0 Å². The molecule has 2 unspecified atom stereocenters. The first-order valence-corrected chi connectivity index (χ1v) is 5.66. The van der Waals surface area contributed by atoms with Gasteiger partial charge in [0.25, 0.3) is 0 Å². The van der Waals surface area contributed by atoms with Crippen molar-refractivity contribution in [2.75, 3.05) is 6.61 Å². The Morgan fingerprint density at radius 1 is 1.40 bits per heavy atom. The van der Waals surface area contributed by atoms with E-state index in [1.54, 1.807) is 0 Å². The van der Waals surface area contributed by atoms with Crippen LogP contribution in [-0.4, -0.2) is 30.8 Å². The second-order valence-electron chi connectivity index (χ2n) is 4.34. The van der Waals surface area contributed by atoms with E-state index in [4.69, 9.17) is 15.2 Å². The Labute approximate surface area is 91.1 Å². The Morgan fingerprint density at radius 3 is 2.67 bits per heavy atom. The summed E-state index contributed by atoms with van der Waals surface area (Å²) >= 11 is 0. The highest BCUT2D eigenvalue weighted by atomic mass is 16.6. The van der Waals surface area contributed by atoms with E-state index in [1.807, 2.05) is 13.8 Å². The molecule has 0 heterocycles. The molecule has 1 aliphatic rings. The Hall–Kier alpha value is -0.610. The average Bonchev–Trinajstić information content (AvgIpc) is 2.15. The highest BCUT2D eigenvalue weighted by molar-refractivity contribution is 5.70. The van der Waals surface area contributed by atoms with Gasteiger partial charge in [0.15, 0.2) is 0 Å². The Kier molecular flexibility index (Phi) is 5.05. The lowest BCUT2D eigenvalue weighted by Crippen LogP contribution is -2.40. The summed E-state index contributed by atoms with van der Waals surface area (Å²) in [6.07, 6.45) is 4.19. The largest absolute Gasteiger partial charge is 0.461 e. The summed E-state index contributed by atoms with van der Waals surface area (Å²) in [6.45, 7) is 3.67. The molecule has 0 bridgehead atoms. The van der Waals surface area contributed by atoms with Crippen molar-refractivity contribution in [1.82, 2.24) is 0 Å². The smallest absolute Gasteiger partial charge is 0.332 e. The Morgan fingerprint density at radius 2 is 2.07 bits per heavy atom. The molecule has 1 aliphatic carbocycles. The fraction of sp³-hybridized carbons (Fsp3) is 0.909. The molecule has 0 spiro atoms. The maximum absolute atomic E-state index is 11.2. The number of carbonyl (C=O) groups excluding carboxylic acids is 1. The molecule has 0 amide bonds. The molecule has 0 aromatic heterocycles. The van der Waals surface area contributed by atoms with Gasteiger partial charge >= 0.3 is 5.97 Å². The maximum atomic E-state index is 11.2. The summed E-state index contributed by atoms with van der Waals surface area (Å²) < 4.78 is 10.4. The molecular weight excluding hydrogens is 194 g/mol. The van der Waals surface area contributed by atoms with Crippen LogP contribution in [0.25, 0.3) is 0 Å². The van der Waals surface area contributed by atoms with Gasteiger partial charge in [-0.15, -0.1) is 0 Å². The first-order chi connectivity index (χ1) is 7.09. The van der Waals surface area contributed by atoms with E-state index in [9.17, 15) is 4.79 Å². The molecule has 4 heteroatoms. The lowest BCUT2D eigenvalue weighted by atomic mass is 9.93. The normalized spacial score (nSPS) is 26.7. The molecule has 2 atom stereocenters. The Balaban J connectivity index is 2.20. The zero-order valence-corrected chi connectivity index (χ0v) is 9.57. The molecule has 0 saturated heterocycles. The second kappa shape index (κ2) is 6.08. The molecule has 1 saturated carbocycles. The first-order valence-electron chi connectivity index (χ1n) is 5.66. The minimum atomic E-state index is -0.303. The third-order valence-electron chi connectivity index (χ3n) is 2.54. The van der Waals surface area contributed by atoms with Gasteiger partial charge in [0, 0.05) is 6.04 Å². The summed E-state index contributed by atoms with van der Waals surface area (Å²) in [5.74, 6) is -0.303. The van der Waals surface area contributed by atoms with E-state index in [0.29, 0.717) is 0 Å². The van der Waals surface area contributed by atoms with Gasteiger partial charge in [-0.25, -0.2) is 4.79 Å². The maximum Gasteiger partial charge on any atom is 0.332 e. The van der Waals surface area contributed by atoms with E-state index in [2.05, 4.69) is 0 Å². The molecule has 0 aromatic carbocycles. The zero-order chi connectivity index (χ0) is 11.3.